The zero-order valence-corrected chi connectivity index (χ0v) is 15.7. The maximum Gasteiger partial charge on any atom is 0.144 e. The van der Waals surface area contributed by atoms with E-state index in [1.807, 2.05) is 12.3 Å². The van der Waals surface area contributed by atoms with Crippen LogP contribution in [0.15, 0.2) is 77.6 Å². The maximum absolute atomic E-state index is 6.39. The molecule has 3 nitrogen and oxygen atoms in total. The van der Waals surface area contributed by atoms with Crippen LogP contribution in [-0.4, -0.2) is 9.38 Å². The topological polar surface area (TPSA) is 30.4 Å². The molecular weight excluding hydrogens is 344 g/mol. The third kappa shape index (κ3) is 2.07. The number of nitrogens with zero attached hydrogens (tertiary/aromatic N) is 2. The van der Waals surface area contributed by atoms with Gasteiger partial charge in [0.2, 0.25) is 0 Å². The Labute approximate surface area is 161 Å². The Morgan fingerprint density at radius 1 is 0.857 bits per heavy atom. The molecule has 2 aromatic carbocycles. The van der Waals surface area contributed by atoms with Gasteiger partial charge in [0.05, 0.1) is 11.2 Å². The molecule has 0 saturated heterocycles. The van der Waals surface area contributed by atoms with Crippen molar-refractivity contribution in [2.45, 2.75) is 13.8 Å². The summed E-state index contributed by atoms with van der Waals surface area (Å²) in [4.78, 5) is 4.65. The Morgan fingerprint density at radius 3 is 2.68 bits per heavy atom. The predicted octanol–water partition coefficient (Wildman–Crippen LogP) is 6.67. The van der Waals surface area contributed by atoms with Crippen LogP contribution in [0.1, 0.15) is 11.1 Å². The van der Waals surface area contributed by atoms with Gasteiger partial charge in [-0.1, -0.05) is 18.2 Å². The van der Waals surface area contributed by atoms with Gasteiger partial charge in [0.1, 0.15) is 11.2 Å². The van der Waals surface area contributed by atoms with Gasteiger partial charge < -0.3 is 8.82 Å². The second kappa shape index (κ2) is 5.46. The number of aryl methyl sites for hydroxylation is 2. The molecule has 0 aliphatic carbocycles. The highest BCUT2D eigenvalue weighted by molar-refractivity contribution is 6.15. The van der Waals surface area contributed by atoms with Crippen LogP contribution < -0.4 is 0 Å². The van der Waals surface area contributed by atoms with Gasteiger partial charge in [-0.25, -0.2) is 0 Å². The molecule has 0 bridgehead atoms. The van der Waals surface area contributed by atoms with Crippen molar-refractivity contribution in [1.29, 1.82) is 0 Å². The van der Waals surface area contributed by atoms with E-state index in [0.717, 1.165) is 33.2 Å². The van der Waals surface area contributed by atoms with Crippen molar-refractivity contribution in [2.75, 3.05) is 0 Å². The SMILES string of the molecule is Cc1cnc(-c2cccc3c2oc2cc4c(cc23)cn2ccccc42)cc1C. The van der Waals surface area contributed by atoms with Gasteiger partial charge >= 0.3 is 0 Å². The molecule has 6 aromatic rings. The van der Waals surface area contributed by atoms with E-state index in [1.165, 1.54) is 27.4 Å². The molecule has 4 heterocycles. The fourth-order valence-electron chi connectivity index (χ4n) is 4.11. The molecule has 6 rings (SSSR count). The second-order valence-electron chi connectivity index (χ2n) is 7.50. The summed E-state index contributed by atoms with van der Waals surface area (Å²) < 4.78 is 8.55. The number of furan rings is 1. The first-order valence-corrected chi connectivity index (χ1v) is 9.47. The van der Waals surface area contributed by atoms with Gasteiger partial charge in [-0.3, -0.25) is 4.98 Å². The highest BCUT2D eigenvalue weighted by Gasteiger charge is 2.15. The summed E-state index contributed by atoms with van der Waals surface area (Å²) in [6, 6.07) is 19.1. The van der Waals surface area contributed by atoms with Crippen LogP contribution in [0.4, 0.5) is 0 Å². The molecule has 0 spiro atoms. The standard InChI is InChI=1S/C25H18N2O/c1-15-10-22(26-13-16(15)2)19-7-5-6-18-21-11-17-14-27-9-4-3-8-23(27)20(17)12-24(21)28-25(18)19/h3-14H,1-2H3. The number of aromatic nitrogens is 2. The molecule has 28 heavy (non-hydrogen) atoms. The monoisotopic (exact) mass is 362 g/mol. The van der Waals surface area contributed by atoms with E-state index in [1.54, 1.807) is 0 Å². The van der Waals surface area contributed by atoms with Gasteiger partial charge in [0.15, 0.2) is 0 Å². The second-order valence-corrected chi connectivity index (χ2v) is 7.50. The normalized spacial score (nSPS) is 11.9. The van der Waals surface area contributed by atoms with E-state index >= 15 is 0 Å². The first-order valence-electron chi connectivity index (χ1n) is 9.47. The number of rotatable bonds is 1. The van der Waals surface area contributed by atoms with Crippen LogP contribution in [0.2, 0.25) is 0 Å². The summed E-state index contributed by atoms with van der Waals surface area (Å²) in [5.74, 6) is 0. The lowest BCUT2D eigenvalue weighted by atomic mass is 10.0. The summed E-state index contributed by atoms with van der Waals surface area (Å²) in [5, 5.41) is 4.70. The van der Waals surface area contributed by atoms with Gasteiger partial charge in [-0.15, -0.1) is 0 Å². The Bertz CT molecular complexity index is 1530. The molecule has 0 saturated carbocycles. The molecule has 0 radical (unpaired) electrons. The molecule has 134 valence electrons. The Kier molecular flexibility index (Phi) is 3.01. The summed E-state index contributed by atoms with van der Waals surface area (Å²) >= 11 is 0. The largest absolute Gasteiger partial charge is 0.455 e. The summed E-state index contributed by atoms with van der Waals surface area (Å²) in [5.41, 5.74) is 7.43. The van der Waals surface area contributed by atoms with Crippen LogP contribution in [-0.2, 0) is 0 Å². The number of para-hydroxylation sites is 1. The van der Waals surface area contributed by atoms with Crippen LogP contribution in [0.25, 0.3) is 49.5 Å². The van der Waals surface area contributed by atoms with Gasteiger partial charge in [-0.05, 0) is 61.4 Å². The number of pyridine rings is 2. The first-order chi connectivity index (χ1) is 13.7. The van der Waals surface area contributed by atoms with Gasteiger partial charge in [-0.2, -0.15) is 0 Å². The van der Waals surface area contributed by atoms with E-state index in [9.17, 15) is 0 Å². The van der Waals surface area contributed by atoms with Crippen molar-refractivity contribution < 1.29 is 4.42 Å². The van der Waals surface area contributed by atoms with E-state index in [0.29, 0.717) is 0 Å². The van der Waals surface area contributed by atoms with Crippen LogP contribution in [0, 0.1) is 13.8 Å². The molecule has 3 heteroatoms. The van der Waals surface area contributed by atoms with Crippen LogP contribution in [0.3, 0.4) is 0 Å². The highest BCUT2D eigenvalue weighted by Crippen LogP contribution is 2.38. The van der Waals surface area contributed by atoms with Crippen molar-refractivity contribution >= 4 is 38.2 Å². The van der Waals surface area contributed by atoms with Crippen LogP contribution in [0.5, 0.6) is 0 Å². The van der Waals surface area contributed by atoms with Crippen molar-refractivity contribution in [3.05, 3.63) is 84.3 Å². The Balaban J connectivity index is 1.69. The molecule has 0 unspecified atom stereocenters. The molecule has 0 atom stereocenters. The maximum atomic E-state index is 6.39. The minimum absolute atomic E-state index is 0.901. The zero-order chi connectivity index (χ0) is 18.8. The van der Waals surface area contributed by atoms with Crippen molar-refractivity contribution in [1.82, 2.24) is 9.38 Å². The first kappa shape index (κ1) is 15.5. The third-order valence-corrected chi connectivity index (χ3v) is 5.76. The molecule has 0 aliphatic heterocycles. The number of benzene rings is 2. The zero-order valence-electron chi connectivity index (χ0n) is 15.7. The number of fused-ring (bicyclic) bond motifs is 6. The quantitative estimate of drug-likeness (QED) is 0.327. The summed E-state index contributed by atoms with van der Waals surface area (Å²) in [6.07, 6.45) is 6.19. The molecule has 0 N–H and O–H groups in total. The average Bonchev–Trinajstić information content (AvgIpc) is 3.25. The molecule has 0 fully saturated rings. The Morgan fingerprint density at radius 2 is 1.79 bits per heavy atom. The lowest BCUT2D eigenvalue weighted by Gasteiger charge is -2.05. The van der Waals surface area contributed by atoms with E-state index in [-0.39, 0.29) is 0 Å². The smallest absolute Gasteiger partial charge is 0.144 e. The fraction of sp³-hybridized carbons (Fsp3) is 0.0800. The lowest BCUT2D eigenvalue weighted by Crippen LogP contribution is -1.88. The van der Waals surface area contributed by atoms with Crippen molar-refractivity contribution in [3.63, 3.8) is 0 Å². The fourth-order valence-corrected chi connectivity index (χ4v) is 4.11. The molecule has 4 aromatic heterocycles. The average molecular weight is 362 g/mol. The third-order valence-electron chi connectivity index (χ3n) is 5.76. The lowest BCUT2D eigenvalue weighted by molar-refractivity contribution is 0.670. The van der Waals surface area contributed by atoms with Gasteiger partial charge in [0, 0.05) is 45.7 Å². The van der Waals surface area contributed by atoms with Crippen LogP contribution >= 0.6 is 0 Å². The van der Waals surface area contributed by atoms with Crippen molar-refractivity contribution in [3.8, 4) is 11.3 Å². The van der Waals surface area contributed by atoms with E-state index < -0.39 is 0 Å². The van der Waals surface area contributed by atoms with Gasteiger partial charge in [0.25, 0.3) is 0 Å². The number of hydrogen-bond donors (Lipinski definition) is 0. The van der Waals surface area contributed by atoms with Crippen molar-refractivity contribution in [2.24, 2.45) is 0 Å². The van der Waals surface area contributed by atoms with E-state index in [2.05, 4.69) is 84.2 Å². The summed E-state index contributed by atoms with van der Waals surface area (Å²) in [7, 11) is 0. The number of hydrogen-bond acceptors (Lipinski definition) is 2. The highest BCUT2D eigenvalue weighted by atomic mass is 16.3. The predicted molar refractivity (Wildman–Crippen MR) is 115 cm³/mol. The molecule has 0 amide bonds. The minimum Gasteiger partial charge on any atom is -0.455 e. The van der Waals surface area contributed by atoms with E-state index in [4.69, 9.17) is 4.42 Å². The molecular formula is C25H18N2O. The summed E-state index contributed by atoms with van der Waals surface area (Å²) in [6.45, 7) is 4.20. The molecule has 0 aliphatic rings. The Hall–Kier alpha value is -3.59. The minimum atomic E-state index is 0.901.